The van der Waals surface area contributed by atoms with Gasteiger partial charge in [0.15, 0.2) is 6.26 Å². The summed E-state index contributed by atoms with van der Waals surface area (Å²) in [4.78, 5) is 8.76. The highest BCUT2D eigenvalue weighted by Gasteiger charge is 2.01. The summed E-state index contributed by atoms with van der Waals surface area (Å²) in [5, 5.41) is 0. The normalized spacial score (nSPS) is 18.1. The molecule has 0 aromatic heterocycles. The highest BCUT2D eigenvalue weighted by Crippen LogP contribution is 1.98. The maximum Gasteiger partial charge on any atom is 0.152 e. The van der Waals surface area contributed by atoms with Crippen LogP contribution in [0.2, 0.25) is 0 Å². The molecular formula is C3H6N2O2. The fourth-order valence-corrected chi connectivity index (χ4v) is 0.299. The molecule has 40 valence electrons. The van der Waals surface area contributed by atoms with E-state index in [0.717, 1.165) is 5.70 Å². The Kier molecular flexibility index (Phi) is 1.14. The van der Waals surface area contributed by atoms with Gasteiger partial charge in [-0.3, -0.25) is 5.84 Å². The Morgan fingerprint density at radius 1 is 1.86 bits per heavy atom. The number of hydrogen-bond donors (Lipinski definition) is 2. The molecule has 0 atom stereocenters. The molecule has 3 N–H and O–H groups in total. The third kappa shape index (κ3) is 0.819. The Hall–Kier alpha value is -0.740. The molecule has 1 aliphatic heterocycles. The molecular weight excluding hydrogens is 96.0 g/mol. The average molecular weight is 102 g/mol. The zero-order chi connectivity index (χ0) is 5.11. The topological polar surface area (TPSA) is 56.5 Å². The molecule has 7 heavy (non-hydrogen) atoms. The molecule has 0 amide bonds. The molecule has 0 bridgehead atoms. The summed E-state index contributed by atoms with van der Waals surface area (Å²) in [5.41, 5.74) is 3.12. The smallest absolute Gasteiger partial charge is 0.152 e. The lowest BCUT2D eigenvalue weighted by molar-refractivity contribution is -0.222. The molecule has 1 rings (SSSR count). The molecule has 1 aliphatic rings. The highest BCUT2D eigenvalue weighted by molar-refractivity contribution is 4.94. The minimum atomic E-state index is 0.413. The van der Waals surface area contributed by atoms with Gasteiger partial charge in [0, 0.05) is 0 Å². The summed E-state index contributed by atoms with van der Waals surface area (Å²) < 4.78 is 0. The molecule has 0 radical (unpaired) electrons. The van der Waals surface area contributed by atoms with Crippen LogP contribution in [0.1, 0.15) is 0 Å². The van der Waals surface area contributed by atoms with E-state index in [2.05, 4.69) is 15.2 Å². The van der Waals surface area contributed by atoms with E-state index in [4.69, 9.17) is 5.84 Å². The van der Waals surface area contributed by atoms with Crippen molar-refractivity contribution in [3.63, 3.8) is 0 Å². The average Bonchev–Trinajstić information content (AvgIpc) is 2.14. The zero-order valence-electron chi connectivity index (χ0n) is 3.68. The maximum atomic E-state index is 4.96. The first-order valence-electron chi connectivity index (χ1n) is 1.87. The van der Waals surface area contributed by atoms with Gasteiger partial charge in [-0.2, -0.15) is 4.89 Å². The van der Waals surface area contributed by atoms with Crippen LogP contribution in [0.3, 0.4) is 0 Å². The van der Waals surface area contributed by atoms with E-state index in [1.165, 1.54) is 6.26 Å². The number of hydrazine groups is 1. The van der Waals surface area contributed by atoms with E-state index in [1.54, 1.807) is 0 Å². The molecule has 0 aliphatic carbocycles. The second-order valence-corrected chi connectivity index (χ2v) is 1.15. The molecule has 0 saturated carbocycles. The van der Waals surface area contributed by atoms with E-state index in [0.29, 0.717) is 6.61 Å². The largest absolute Gasteiger partial charge is 0.343 e. The van der Waals surface area contributed by atoms with Crippen molar-refractivity contribution < 1.29 is 9.78 Å². The molecule has 0 unspecified atom stereocenters. The van der Waals surface area contributed by atoms with Gasteiger partial charge in [0.1, 0.15) is 6.61 Å². The zero-order valence-corrected chi connectivity index (χ0v) is 3.68. The minimum Gasteiger partial charge on any atom is -0.343 e. The SMILES string of the molecule is NNC1=COOC1. The van der Waals surface area contributed by atoms with Crippen LogP contribution in [-0.4, -0.2) is 6.61 Å². The van der Waals surface area contributed by atoms with Crippen molar-refractivity contribution in [2.24, 2.45) is 5.84 Å². The quantitative estimate of drug-likeness (QED) is 0.260. The Morgan fingerprint density at radius 2 is 2.71 bits per heavy atom. The second-order valence-electron chi connectivity index (χ2n) is 1.15. The first kappa shape index (κ1) is 4.42. The van der Waals surface area contributed by atoms with E-state index in [1.807, 2.05) is 0 Å². The molecule has 0 spiro atoms. The van der Waals surface area contributed by atoms with Crippen molar-refractivity contribution in [2.75, 3.05) is 6.61 Å². The second kappa shape index (κ2) is 1.81. The molecule has 0 aromatic rings. The molecule has 4 nitrogen and oxygen atoms in total. The third-order valence-electron chi connectivity index (χ3n) is 0.658. The fraction of sp³-hybridized carbons (Fsp3) is 0.333. The number of nitrogens with one attached hydrogen (secondary N) is 1. The summed E-state index contributed by atoms with van der Waals surface area (Å²) in [5.74, 6) is 4.96. The van der Waals surface area contributed by atoms with Crippen molar-refractivity contribution in [1.29, 1.82) is 0 Å². The lowest BCUT2D eigenvalue weighted by Gasteiger charge is -1.89. The van der Waals surface area contributed by atoms with Crippen LogP contribution in [0.5, 0.6) is 0 Å². The number of rotatable bonds is 1. The molecule has 0 saturated heterocycles. The van der Waals surface area contributed by atoms with Crippen molar-refractivity contribution >= 4 is 0 Å². The first-order valence-corrected chi connectivity index (χ1v) is 1.87. The van der Waals surface area contributed by atoms with Gasteiger partial charge in [-0.25, -0.2) is 0 Å². The molecule has 0 fully saturated rings. The number of hydrogen-bond acceptors (Lipinski definition) is 4. The van der Waals surface area contributed by atoms with Gasteiger partial charge in [-0.15, -0.1) is 0 Å². The highest BCUT2D eigenvalue weighted by atomic mass is 17.2. The lowest BCUT2D eigenvalue weighted by Crippen LogP contribution is -2.21. The van der Waals surface area contributed by atoms with E-state index < -0.39 is 0 Å². The van der Waals surface area contributed by atoms with E-state index in [-0.39, 0.29) is 0 Å². The van der Waals surface area contributed by atoms with Crippen LogP contribution in [0.4, 0.5) is 0 Å². The van der Waals surface area contributed by atoms with Crippen LogP contribution in [0, 0.1) is 0 Å². The maximum absolute atomic E-state index is 4.96. The van der Waals surface area contributed by atoms with Gasteiger partial charge in [0.25, 0.3) is 0 Å². The van der Waals surface area contributed by atoms with Crippen molar-refractivity contribution in [3.8, 4) is 0 Å². The van der Waals surface area contributed by atoms with E-state index >= 15 is 0 Å². The monoisotopic (exact) mass is 102 g/mol. The predicted octanol–water partition coefficient (Wildman–Crippen LogP) is -0.747. The first-order chi connectivity index (χ1) is 3.43. The van der Waals surface area contributed by atoms with Crippen LogP contribution in [0.15, 0.2) is 12.0 Å². The summed E-state index contributed by atoms with van der Waals surface area (Å²) in [6.45, 7) is 0.413. The molecule has 1 heterocycles. The Morgan fingerprint density at radius 3 is 3.00 bits per heavy atom. The Labute approximate surface area is 40.8 Å². The van der Waals surface area contributed by atoms with Gasteiger partial charge in [0.05, 0.1) is 5.70 Å². The van der Waals surface area contributed by atoms with Gasteiger partial charge in [-0.1, -0.05) is 0 Å². The van der Waals surface area contributed by atoms with Gasteiger partial charge in [0.2, 0.25) is 0 Å². The summed E-state index contributed by atoms with van der Waals surface area (Å²) in [7, 11) is 0. The van der Waals surface area contributed by atoms with Crippen LogP contribution in [-0.2, 0) is 9.78 Å². The summed E-state index contributed by atoms with van der Waals surface area (Å²) >= 11 is 0. The third-order valence-corrected chi connectivity index (χ3v) is 0.658. The van der Waals surface area contributed by atoms with Crippen molar-refractivity contribution in [1.82, 2.24) is 5.43 Å². The van der Waals surface area contributed by atoms with Crippen molar-refractivity contribution in [3.05, 3.63) is 12.0 Å². The lowest BCUT2D eigenvalue weighted by atomic mass is 10.5. The Bertz CT molecular complexity index is 90.9. The van der Waals surface area contributed by atoms with Gasteiger partial charge < -0.3 is 10.3 Å². The van der Waals surface area contributed by atoms with Crippen LogP contribution >= 0.6 is 0 Å². The minimum absolute atomic E-state index is 0.413. The molecule has 0 aromatic carbocycles. The fourth-order valence-electron chi connectivity index (χ4n) is 0.299. The van der Waals surface area contributed by atoms with E-state index in [9.17, 15) is 0 Å². The Balaban J connectivity index is 2.36. The summed E-state index contributed by atoms with van der Waals surface area (Å²) in [6.07, 6.45) is 1.42. The number of nitrogens with two attached hydrogens (primary N) is 1. The van der Waals surface area contributed by atoms with Crippen LogP contribution < -0.4 is 11.3 Å². The standard InChI is InChI=1S/C3H6N2O2/c4-5-3-1-6-7-2-3/h1,5H,2,4H2. The van der Waals surface area contributed by atoms with Crippen molar-refractivity contribution in [2.45, 2.75) is 0 Å². The van der Waals surface area contributed by atoms with Gasteiger partial charge in [-0.05, 0) is 0 Å². The predicted molar refractivity (Wildman–Crippen MR) is 22.4 cm³/mol. The molecule has 4 heteroatoms. The van der Waals surface area contributed by atoms with Gasteiger partial charge >= 0.3 is 0 Å². The summed E-state index contributed by atoms with van der Waals surface area (Å²) in [6, 6.07) is 0. The van der Waals surface area contributed by atoms with Crippen LogP contribution in [0.25, 0.3) is 0 Å².